The van der Waals surface area contributed by atoms with Gasteiger partial charge in [0.2, 0.25) is 0 Å². The Bertz CT molecular complexity index is 1520. The lowest BCUT2D eigenvalue weighted by molar-refractivity contribution is -0.235. The number of carbonyl (C=O) groups excluding carboxylic acids is 3. The van der Waals surface area contributed by atoms with E-state index in [-0.39, 0.29) is 5.75 Å². The lowest BCUT2D eigenvalue weighted by atomic mass is 9.99. The summed E-state index contributed by atoms with van der Waals surface area (Å²) in [5.41, 5.74) is 0.389. The Morgan fingerprint density at radius 2 is 1.66 bits per heavy atom. The van der Waals surface area contributed by atoms with E-state index in [1.54, 1.807) is 36.7 Å². The van der Waals surface area contributed by atoms with Gasteiger partial charge in [0.15, 0.2) is 18.3 Å². The first-order valence-corrected chi connectivity index (χ1v) is 16.4. The third-order valence-electron chi connectivity index (χ3n) is 6.22. The Balaban J connectivity index is 1.62. The third-order valence-corrected chi connectivity index (χ3v) is 8.53. The summed E-state index contributed by atoms with van der Waals surface area (Å²) in [6.45, 7) is 8.22. The van der Waals surface area contributed by atoms with Crippen molar-refractivity contribution in [3.8, 4) is 17.1 Å². The zero-order valence-corrected chi connectivity index (χ0v) is 26.2. The van der Waals surface area contributed by atoms with E-state index in [0.717, 1.165) is 10.5 Å². The van der Waals surface area contributed by atoms with Crippen molar-refractivity contribution in [2.24, 2.45) is 0 Å². The van der Waals surface area contributed by atoms with Gasteiger partial charge < -0.3 is 28.5 Å². The molecule has 1 aliphatic heterocycles. The molecule has 2 heterocycles. The molecule has 1 fully saturated rings. The molecule has 44 heavy (non-hydrogen) atoms. The van der Waals surface area contributed by atoms with Gasteiger partial charge in [0, 0.05) is 44.7 Å². The summed E-state index contributed by atoms with van der Waals surface area (Å²) >= 11 is 1.20. The van der Waals surface area contributed by atoms with Crippen LogP contribution >= 0.6 is 19.4 Å². The second kappa shape index (κ2) is 14.7. The highest BCUT2D eigenvalue weighted by molar-refractivity contribution is 7.99. The molecule has 0 amide bonds. The Morgan fingerprint density at radius 1 is 1.00 bits per heavy atom. The fourth-order valence-electron chi connectivity index (χ4n) is 4.48. The molecule has 1 N–H and O–H groups in total. The molecule has 12 nitrogen and oxygen atoms in total. The molecule has 1 saturated heterocycles. The van der Waals surface area contributed by atoms with Gasteiger partial charge in [-0.2, -0.15) is 0 Å². The van der Waals surface area contributed by atoms with Crippen LogP contribution in [0.2, 0.25) is 0 Å². The maximum absolute atomic E-state index is 13.7. The number of esters is 3. The summed E-state index contributed by atoms with van der Waals surface area (Å²) in [6.07, 6.45) is 0.0532. The predicted molar refractivity (Wildman–Crippen MR) is 162 cm³/mol. The quantitative estimate of drug-likeness (QED) is 0.156. The van der Waals surface area contributed by atoms with E-state index in [1.165, 1.54) is 39.2 Å². The van der Waals surface area contributed by atoms with Crippen molar-refractivity contribution in [1.29, 1.82) is 0 Å². The van der Waals surface area contributed by atoms with Gasteiger partial charge in [0.25, 0.3) is 0 Å². The highest BCUT2D eigenvalue weighted by Gasteiger charge is 2.52. The van der Waals surface area contributed by atoms with Crippen molar-refractivity contribution in [2.75, 3.05) is 13.3 Å². The molecule has 0 saturated carbocycles. The molecule has 0 bridgehead atoms. The molecule has 4 rings (SSSR count). The number of nitrogens with zero attached hydrogens (tertiary/aromatic N) is 1. The van der Waals surface area contributed by atoms with E-state index in [1.807, 2.05) is 30.3 Å². The van der Waals surface area contributed by atoms with Gasteiger partial charge in [0.05, 0.1) is 12.2 Å². The van der Waals surface area contributed by atoms with Crippen molar-refractivity contribution in [1.82, 2.24) is 9.97 Å². The van der Waals surface area contributed by atoms with E-state index < -0.39 is 62.0 Å². The van der Waals surface area contributed by atoms with Crippen LogP contribution in [-0.2, 0) is 42.4 Å². The Kier molecular flexibility index (Phi) is 11.0. The van der Waals surface area contributed by atoms with Crippen LogP contribution in [0, 0.1) is 0 Å². The number of H-pyrrole nitrogens is 1. The highest BCUT2D eigenvalue weighted by Crippen LogP contribution is 2.48. The van der Waals surface area contributed by atoms with Crippen LogP contribution in [-0.4, -0.2) is 71.0 Å². The summed E-state index contributed by atoms with van der Waals surface area (Å²) in [7, 11) is -3.85. The van der Waals surface area contributed by atoms with Crippen molar-refractivity contribution in [3.63, 3.8) is 0 Å². The average molecular weight is 645 g/mol. The zero-order chi connectivity index (χ0) is 31.9. The molecule has 0 spiro atoms. The average Bonchev–Trinajstić information content (AvgIpc) is 3.50. The summed E-state index contributed by atoms with van der Waals surface area (Å²) in [5, 5.41) is 0. The molecule has 1 aliphatic rings. The van der Waals surface area contributed by atoms with Gasteiger partial charge in [-0.25, -0.2) is 9.55 Å². The maximum atomic E-state index is 13.7. The van der Waals surface area contributed by atoms with Crippen molar-refractivity contribution < 1.29 is 46.9 Å². The van der Waals surface area contributed by atoms with E-state index in [2.05, 4.69) is 16.5 Å². The number of hydrogen-bond acceptors (Lipinski definition) is 12. The van der Waals surface area contributed by atoms with Crippen molar-refractivity contribution >= 4 is 43.3 Å². The Labute approximate surface area is 259 Å². The molecule has 2 aromatic carbocycles. The topological polar surface area (TPSA) is 152 Å². The van der Waals surface area contributed by atoms with Gasteiger partial charge in [-0.15, -0.1) is 0 Å². The second-order valence-corrected chi connectivity index (χ2v) is 12.9. The van der Waals surface area contributed by atoms with Crippen LogP contribution in [0.15, 0.2) is 72.4 Å². The first-order valence-electron chi connectivity index (χ1n) is 13.5. The van der Waals surface area contributed by atoms with E-state index in [9.17, 15) is 18.9 Å². The number of imidazole rings is 1. The van der Waals surface area contributed by atoms with Crippen LogP contribution in [0.25, 0.3) is 17.5 Å². The molecule has 234 valence electrons. The van der Waals surface area contributed by atoms with E-state index in [0.29, 0.717) is 11.4 Å². The van der Waals surface area contributed by atoms with Gasteiger partial charge in [-0.3, -0.25) is 18.9 Å². The zero-order valence-electron chi connectivity index (χ0n) is 24.5. The van der Waals surface area contributed by atoms with Crippen LogP contribution in [0.4, 0.5) is 0 Å². The lowest BCUT2D eigenvalue weighted by Gasteiger charge is -2.44. The van der Waals surface area contributed by atoms with Gasteiger partial charge in [-0.1, -0.05) is 48.7 Å². The molecule has 0 aliphatic carbocycles. The molecule has 6 atom stereocenters. The number of thioether (sulfide) groups is 1. The van der Waals surface area contributed by atoms with E-state index >= 15 is 0 Å². The first kappa shape index (κ1) is 33.0. The summed E-state index contributed by atoms with van der Waals surface area (Å²) in [5.74, 6) is -1.35. The second-order valence-electron chi connectivity index (χ2n) is 9.75. The molecular formula is C30H33N2O10PS. The Hall–Kier alpha value is -3.90. The van der Waals surface area contributed by atoms with Crippen LogP contribution < -0.4 is 4.52 Å². The number of aromatic nitrogens is 2. The summed E-state index contributed by atoms with van der Waals surface area (Å²) < 4.78 is 48.2. The molecule has 14 heteroatoms. The third kappa shape index (κ3) is 8.82. The SMILES string of the molecule is C=Cc1ccc(OP(C)(=O)OC[C@H]2O[C@H](Sc3ccccc3)[C@H](OC(C)=O)[C@@H](OC(C)=O)[C@H]2OC(C)=O)c(-c2ncc[nH]2)c1. The highest BCUT2D eigenvalue weighted by atomic mass is 32.2. The maximum Gasteiger partial charge on any atom is 0.376 e. The number of benzene rings is 2. The molecule has 0 radical (unpaired) electrons. The molecular weight excluding hydrogens is 611 g/mol. The number of ether oxygens (including phenoxy) is 4. The molecule has 1 unspecified atom stereocenters. The smallest absolute Gasteiger partial charge is 0.376 e. The fraction of sp³-hybridized carbons (Fsp3) is 0.333. The minimum absolute atomic E-state index is 0.239. The van der Waals surface area contributed by atoms with Gasteiger partial charge in [0.1, 0.15) is 23.1 Å². The minimum atomic E-state index is -3.85. The van der Waals surface area contributed by atoms with Gasteiger partial charge in [-0.05, 0) is 29.8 Å². The summed E-state index contributed by atoms with van der Waals surface area (Å²) in [4.78, 5) is 44.5. The Morgan fingerprint density at radius 3 is 2.27 bits per heavy atom. The first-order chi connectivity index (χ1) is 21.0. The van der Waals surface area contributed by atoms with Crippen LogP contribution in [0.1, 0.15) is 26.3 Å². The minimum Gasteiger partial charge on any atom is -0.456 e. The molecule has 3 aromatic rings. The standard InChI is InChI=1S/C30H33N2O10PS/c1-6-21-12-13-24(23(16-21)29-31-14-15-32-29)42-43(5,36)37-17-25-26(38-18(2)33)27(39-19(3)34)28(40-20(4)35)30(41-25)44-22-10-8-7-9-11-22/h6-16,25-28,30H,1,17H2,2-5H3,(H,31,32)/t25-,26+,27+,28-,30-,43?/m1/s1. The van der Waals surface area contributed by atoms with E-state index in [4.69, 9.17) is 28.0 Å². The number of carbonyl (C=O) groups is 3. The number of aromatic amines is 1. The predicted octanol–water partition coefficient (Wildman–Crippen LogP) is 5.25. The normalized spacial score (nSPS) is 22.7. The fourth-order valence-corrected chi connectivity index (χ4v) is 6.60. The van der Waals surface area contributed by atoms with Crippen molar-refractivity contribution in [3.05, 3.63) is 73.1 Å². The largest absolute Gasteiger partial charge is 0.456 e. The van der Waals surface area contributed by atoms with Gasteiger partial charge >= 0.3 is 25.5 Å². The van der Waals surface area contributed by atoms with Crippen molar-refractivity contribution in [2.45, 2.75) is 55.5 Å². The number of hydrogen-bond donors (Lipinski definition) is 1. The monoisotopic (exact) mass is 644 g/mol. The summed E-state index contributed by atoms with van der Waals surface area (Å²) in [6, 6.07) is 14.3. The van der Waals surface area contributed by atoms with Crippen LogP contribution in [0.3, 0.4) is 0 Å². The lowest BCUT2D eigenvalue weighted by Crippen LogP contribution is -2.61. The number of nitrogens with one attached hydrogen (secondary N) is 1. The van der Waals surface area contributed by atoms with Crippen LogP contribution in [0.5, 0.6) is 5.75 Å². The number of rotatable bonds is 12. The molecule has 1 aromatic heterocycles.